The molecule has 4 rings (SSSR count). The minimum Gasteiger partial charge on any atom is -0.465 e. The summed E-state index contributed by atoms with van der Waals surface area (Å²) in [6.07, 6.45) is 2.59. The van der Waals surface area contributed by atoms with Crippen molar-refractivity contribution in [2.24, 2.45) is 11.3 Å². The molecule has 0 spiro atoms. The molecule has 1 aliphatic carbocycles. The number of aryl methyl sites for hydroxylation is 1. The number of esters is 1. The molecule has 0 saturated carbocycles. The van der Waals surface area contributed by atoms with Crippen LogP contribution in [0.1, 0.15) is 74.3 Å². The smallest absolute Gasteiger partial charge is 0.339 e. The van der Waals surface area contributed by atoms with Crippen molar-refractivity contribution in [2.45, 2.75) is 47.0 Å². The Balaban J connectivity index is 1.72. The Bertz CT molecular complexity index is 1320. The van der Waals surface area contributed by atoms with Crippen molar-refractivity contribution in [1.82, 2.24) is 0 Å². The van der Waals surface area contributed by atoms with Gasteiger partial charge in [0.05, 0.1) is 23.9 Å². The van der Waals surface area contributed by atoms with E-state index in [0.717, 1.165) is 35.3 Å². The first kappa shape index (κ1) is 25.6. The molecule has 6 nitrogen and oxygen atoms in total. The maximum atomic E-state index is 13.7. The first-order chi connectivity index (χ1) is 17.1. The number of nitrogens with one attached hydrogen (secondary N) is 2. The van der Waals surface area contributed by atoms with Gasteiger partial charge in [0.15, 0.2) is 0 Å². The quantitative estimate of drug-likeness (QED) is 0.389. The molecule has 7 heteroatoms. The molecular weight excluding hydrogens is 472 g/mol. The molecule has 3 aromatic rings. The molecule has 1 aromatic heterocycles. The lowest BCUT2D eigenvalue weighted by molar-refractivity contribution is 0.0601. The number of amides is 2. The van der Waals surface area contributed by atoms with Crippen LogP contribution < -0.4 is 10.6 Å². The van der Waals surface area contributed by atoms with Crippen LogP contribution in [0.2, 0.25) is 0 Å². The van der Waals surface area contributed by atoms with Crippen LogP contribution in [0, 0.1) is 18.3 Å². The fraction of sp³-hybridized carbons (Fsp3) is 0.345. The summed E-state index contributed by atoms with van der Waals surface area (Å²) in [6.45, 7) is 8.62. The van der Waals surface area contributed by atoms with Gasteiger partial charge in [0.25, 0.3) is 11.8 Å². The Kier molecular flexibility index (Phi) is 7.31. The van der Waals surface area contributed by atoms with Crippen molar-refractivity contribution in [3.8, 4) is 0 Å². The highest BCUT2D eigenvalue weighted by Crippen LogP contribution is 2.44. The number of carbonyl (C=O) groups excluding carboxylic acids is 3. The van der Waals surface area contributed by atoms with E-state index in [2.05, 4.69) is 31.4 Å². The Hall–Kier alpha value is -3.45. The third kappa shape index (κ3) is 5.21. The number of methoxy groups -OCH3 is 1. The zero-order valence-electron chi connectivity index (χ0n) is 21.4. The lowest BCUT2D eigenvalue weighted by Gasteiger charge is -2.33. The van der Waals surface area contributed by atoms with Crippen LogP contribution in [-0.4, -0.2) is 24.9 Å². The number of hydrogen-bond acceptors (Lipinski definition) is 5. The largest absolute Gasteiger partial charge is 0.465 e. The summed E-state index contributed by atoms with van der Waals surface area (Å²) in [5.74, 6) is -0.639. The van der Waals surface area contributed by atoms with Gasteiger partial charge in [-0.05, 0) is 66.8 Å². The monoisotopic (exact) mass is 504 g/mol. The van der Waals surface area contributed by atoms with Crippen molar-refractivity contribution in [1.29, 1.82) is 0 Å². The molecule has 2 aromatic carbocycles. The van der Waals surface area contributed by atoms with Gasteiger partial charge in [-0.15, -0.1) is 11.3 Å². The Morgan fingerprint density at radius 2 is 1.61 bits per heavy atom. The summed E-state index contributed by atoms with van der Waals surface area (Å²) >= 11 is 1.48. The van der Waals surface area contributed by atoms with Crippen LogP contribution in [0.5, 0.6) is 0 Å². The van der Waals surface area contributed by atoms with Crippen LogP contribution in [0.25, 0.3) is 0 Å². The summed E-state index contributed by atoms with van der Waals surface area (Å²) in [4.78, 5) is 40.2. The van der Waals surface area contributed by atoms with Crippen LogP contribution >= 0.6 is 11.3 Å². The molecule has 188 valence electrons. The third-order valence-corrected chi connectivity index (χ3v) is 8.08. The maximum Gasteiger partial charge on any atom is 0.339 e. The Morgan fingerprint density at radius 1 is 0.944 bits per heavy atom. The molecule has 2 amide bonds. The van der Waals surface area contributed by atoms with E-state index in [1.54, 1.807) is 30.3 Å². The summed E-state index contributed by atoms with van der Waals surface area (Å²) < 4.78 is 4.87. The molecule has 0 saturated heterocycles. The lowest BCUT2D eigenvalue weighted by Crippen LogP contribution is -2.27. The molecule has 0 bridgehead atoms. The van der Waals surface area contributed by atoms with Gasteiger partial charge in [0.2, 0.25) is 0 Å². The number of rotatable bonds is 5. The van der Waals surface area contributed by atoms with Crippen molar-refractivity contribution in [3.63, 3.8) is 0 Å². The number of carbonyl (C=O) groups is 3. The highest BCUT2D eigenvalue weighted by molar-refractivity contribution is 7.17. The summed E-state index contributed by atoms with van der Waals surface area (Å²) in [7, 11) is 1.31. The molecule has 1 heterocycles. The van der Waals surface area contributed by atoms with E-state index in [-0.39, 0.29) is 22.8 Å². The second-order valence-electron chi connectivity index (χ2n) is 10.3. The van der Waals surface area contributed by atoms with E-state index in [9.17, 15) is 14.4 Å². The molecule has 2 N–H and O–H groups in total. The number of hydrogen-bond donors (Lipinski definition) is 2. The second-order valence-corrected chi connectivity index (χ2v) is 11.4. The molecule has 0 fully saturated rings. The van der Waals surface area contributed by atoms with E-state index in [4.69, 9.17) is 4.74 Å². The van der Waals surface area contributed by atoms with Gasteiger partial charge < -0.3 is 15.4 Å². The molecule has 0 aliphatic heterocycles. The molecule has 1 atom stereocenters. The topological polar surface area (TPSA) is 84.5 Å². The van der Waals surface area contributed by atoms with E-state index in [1.165, 1.54) is 18.4 Å². The molecular formula is C29H32N2O4S. The highest BCUT2D eigenvalue weighted by atomic mass is 32.1. The number of para-hydroxylation sites is 1. The van der Waals surface area contributed by atoms with Crippen molar-refractivity contribution >= 4 is 39.8 Å². The average Bonchev–Trinajstić information content (AvgIpc) is 3.20. The molecule has 0 unspecified atom stereocenters. The summed E-state index contributed by atoms with van der Waals surface area (Å²) in [5, 5.41) is 6.46. The minimum absolute atomic E-state index is 0.147. The zero-order valence-corrected chi connectivity index (χ0v) is 22.2. The molecule has 0 radical (unpaired) electrons. The standard InChI is InChI=1S/C29H32N2O4S/c1-17-10-6-7-11-19(17)25(32)31-27-24(21-15-14-18(29(2,3)4)16-23(21)36-27)26(33)30-22-13-9-8-12-20(22)28(34)35-5/h6-13,18H,14-16H2,1-5H3,(H,30,33)(H,31,32)/t18-/m1/s1. The van der Waals surface area contributed by atoms with E-state index in [0.29, 0.717) is 27.7 Å². The van der Waals surface area contributed by atoms with Gasteiger partial charge in [-0.2, -0.15) is 0 Å². The van der Waals surface area contributed by atoms with Crippen molar-refractivity contribution in [2.75, 3.05) is 17.7 Å². The highest BCUT2D eigenvalue weighted by Gasteiger charge is 2.34. The lowest BCUT2D eigenvalue weighted by atomic mass is 9.72. The summed E-state index contributed by atoms with van der Waals surface area (Å²) in [5.41, 5.74) is 3.68. The second kappa shape index (κ2) is 10.3. The predicted molar refractivity (Wildman–Crippen MR) is 144 cm³/mol. The van der Waals surface area contributed by atoms with Gasteiger partial charge in [0, 0.05) is 10.4 Å². The van der Waals surface area contributed by atoms with Gasteiger partial charge in [0.1, 0.15) is 5.00 Å². The van der Waals surface area contributed by atoms with E-state index < -0.39 is 5.97 Å². The number of thiophene rings is 1. The third-order valence-electron chi connectivity index (χ3n) is 6.91. The molecule has 1 aliphatic rings. The minimum atomic E-state index is -0.528. The number of fused-ring (bicyclic) bond motifs is 1. The number of anilines is 2. The normalized spacial score (nSPS) is 15.1. The number of benzene rings is 2. The van der Waals surface area contributed by atoms with Crippen LogP contribution in [0.15, 0.2) is 48.5 Å². The van der Waals surface area contributed by atoms with Gasteiger partial charge in [-0.25, -0.2) is 4.79 Å². The fourth-order valence-corrected chi connectivity index (χ4v) is 6.04. The van der Waals surface area contributed by atoms with E-state index >= 15 is 0 Å². The Labute approximate surface area is 216 Å². The van der Waals surface area contributed by atoms with Crippen LogP contribution in [0.3, 0.4) is 0 Å². The first-order valence-electron chi connectivity index (χ1n) is 12.1. The van der Waals surface area contributed by atoms with Crippen molar-refractivity contribution in [3.05, 3.63) is 81.2 Å². The number of ether oxygens (including phenoxy) is 1. The maximum absolute atomic E-state index is 13.7. The first-order valence-corrected chi connectivity index (χ1v) is 12.9. The summed E-state index contributed by atoms with van der Waals surface area (Å²) in [6, 6.07) is 14.1. The van der Waals surface area contributed by atoms with Gasteiger partial charge in [-0.3, -0.25) is 9.59 Å². The average molecular weight is 505 g/mol. The molecule has 36 heavy (non-hydrogen) atoms. The Morgan fingerprint density at radius 3 is 2.28 bits per heavy atom. The van der Waals surface area contributed by atoms with Crippen LogP contribution in [-0.2, 0) is 17.6 Å². The predicted octanol–water partition coefficient (Wildman–Crippen LogP) is 6.50. The SMILES string of the molecule is COC(=O)c1ccccc1NC(=O)c1c(NC(=O)c2ccccc2C)sc2c1CC[C@@H](C(C)(C)C)C2. The van der Waals surface area contributed by atoms with Crippen molar-refractivity contribution < 1.29 is 19.1 Å². The van der Waals surface area contributed by atoms with Gasteiger partial charge in [-0.1, -0.05) is 51.1 Å². The van der Waals surface area contributed by atoms with Crippen LogP contribution in [0.4, 0.5) is 10.7 Å². The van der Waals surface area contributed by atoms with E-state index in [1.807, 2.05) is 25.1 Å². The van der Waals surface area contributed by atoms with Gasteiger partial charge >= 0.3 is 5.97 Å². The zero-order chi connectivity index (χ0) is 26.0. The fourth-order valence-electron chi connectivity index (χ4n) is 4.72.